The molecule has 1 saturated heterocycles. The Hall–Kier alpha value is -3.00. The van der Waals surface area contributed by atoms with Crippen LogP contribution in [0.1, 0.15) is 11.4 Å². The van der Waals surface area contributed by atoms with Crippen LogP contribution in [0.5, 0.6) is 0 Å². The number of nitrogen functional groups attached to an aromatic ring is 1. The fourth-order valence-electron chi connectivity index (χ4n) is 3.46. The Labute approximate surface area is 187 Å². The van der Waals surface area contributed by atoms with Gasteiger partial charge in [0, 0.05) is 43.4 Å². The maximum Gasteiger partial charge on any atom is 0.232 e. The molecule has 0 spiro atoms. The molecule has 1 aliphatic rings. The second-order valence-corrected chi connectivity index (χ2v) is 7.89. The van der Waals surface area contributed by atoms with Gasteiger partial charge < -0.3 is 11.1 Å². The van der Waals surface area contributed by atoms with E-state index in [0.717, 1.165) is 38.4 Å². The Kier molecular flexibility index (Phi) is 7.09. The summed E-state index contributed by atoms with van der Waals surface area (Å²) in [7, 11) is 0. The summed E-state index contributed by atoms with van der Waals surface area (Å²) in [6.45, 7) is 5.55. The SMILES string of the molecule is Nc1nc(CN2CCN(C/C=C/c3ccccc3)CC2)nc(Nc2ccc(Cl)cc2)n1. The van der Waals surface area contributed by atoms with Gasteiger partial charge in [0.2, 0.25) is 11.9 Å². The summed E-state index contributed by atoms with van der Waals surface area (Å²) < 4.78 is 0. The minimum absolute atomic E-state index is 0.214. The minimum atomic E-state index is 0.214. The molecular formula is C23H26ClN7. The number of hydrogen-bond acceptors (Lipinski definition) is 7. The van der Waals surface area contributed by atoms with Crippen LogP contribution in [0.3, 0.4) is 0 Å². The van der Waals surface area contributed by atoms with Gasteiger partial charge in [-0.15, -0.1) is 0 Å². The Balaban J connectivity index is 1.28. The molecule has 4 rings (SSSR count). The smallest absolute Gasteiger partial charge is 0.232 e. The number of halogens is 1. The van der Waals surface area contributed by atoms with E-state index < -0.39 is 0 Å². The number of nitrogens with one attached hydrogen (secondary N) is 1. The maximum absolute atomic E-state index is 5.94. The summed E-state index contributed by atoms with van der Waals surface area (Å²) in [5.41, 5.74) is 7.99. The molecule has 0 bridgehead atoms. The van der Waals surface area contributed by atoms with Gasteiger partial charge in [0.25, 0.3) is 0 Å². The van der Waals surface area contributed by atoms with Crippen LogP contribution < -0.4 is 11.1 Å². The lowest BCUT2D eigenvalue weighted by Gasteiger charge is -2.33. The van der Waals surface area contributed by atoms with Crippen LogP contribution in [0.2, 0.25) is 5.02 Å². The molecule has 2 aromatic carbocycles. The van der Waals surface area contributed by atoms with Crippen LogP contribution >= 0.6 is 11.6 Å². The zero-order valence-corrected chi connectivity index (χ0v) is 18.0. The van der Waals surface area contributed by atoms with Crippen LogP contribution in [-0.4, -0.2) is 57.5 Å². The number of hydrogen-bond donors (Lipinski definition) is 2. The number of piperazine rings is 1. The van der Waals surface area contributed by atoms with Gasteiger partial charge in [0.1, 0.15) is 5.82 Å². The molecule has 7 nitrogen and oxygen atoms in total. The third kappa shape index (κ3) is 6.49. The standard InChI is InChI=1S/C23H26ClN7/c24-19-8-10-20(11-9-19)26-23-28-21(27-22(25)29-23)17-31-15-13-30(14-16-31)12-4-7-18-5-2-1-3-6-18/h1-11H,12-17H2,(H3,25,26,27,28,29)/b7-4+. The predicted octanol–water partition coefficient (Wildman–Crippen LogP) is 3.68. The first-order valence-electron chi connectivity index (χ1n) is 10.3. The molecule has 1 aliphatic heterocycles. The zero-order valence-electron chi connectivity index (χ0n) is 17.3. The third-order valence-electron chi connectivity index (χ3n) is 5.10. The number of rotatable bonds is 7. The van der Waals surface area contributed by atoms with Gasteiger partial charge in [-0.2, -0.15) is 15.0 Å². The summed E-state index contributed by atoms with van der Waals surface area (Å²) in [6, 6.07) is 17.7. The minimum Gasteiger partial charge on any atom is -0.368 e. The average molecular weight is 436 g/mol. The maximum atomic E-state index is 5.94. The predicted molar refractivity (Wildman–Crippen MR) is 126 cm³/mol. The normalized spacial score (nSPS) is 15.4. The molecular weight excluding hydrogens is 410 g/mol. The lowest BCUT2D eigenvalue weighted by molar-refractivity contribution is 0.134. The Morgan fingerprint density at radius 1 is 0.903 bits per heavy atom. The number of nitrogens with two attached hydrogens (primary N) is 1. The fourth-order valence-corrected chi connectivity index (χ4v) is 3.58. The van der Waals surface area contributed by atoms with Crippen molar-refractivity contribution in [3.63, 3.8) is 0 Å². The van der Waals surface area contributed by atoms with Crippen LogP contribution in [0.25, 0.3) is 6.08 Å². The van der Waals surface area contributed by atoms with E-state index in [-0.39, 0.29) is 5.95 Å². The van der Waals surface area contributed by atoms with Crippen LogP contribution in [-0.2, 0) is 6.54 Å². The van der Waals surface area contributed by atoms with Crippen molar-refractivity contribution in [3.8, 4) is 0 Å². The first-order valence-corrected chi connectivity index (χ1v) is 10.7. The average Bonchev–Trinajstić information content (AvgIpc) is 2.77. The van der Waals surface area contributed by atoms with E-state index in [2.05, 4.69) is 66.5 Å². The second-order valence-electron chi connectivity index (χ2n) is 7.46. The monoisotopic (exact) mass is 435 g/mol. The first kappa shape index (κ1) is 21.2. The van der Waals surface area contributed by atoms with E-state index in [4.69, 9.17) is 17.3 Å². The van der Waals surface area contributed by atoms with Crippen molar-refractivity contribution in [1.29, 1.82) is 0 Å². The molecule has 0 amide bonds. The van der Waals surface area contributed by atoms with E-state index in [1.807, 2.05) is 30.3 Å². The summed E-state index contributed by atoms with van der Waals surface area (Å²) in [5.74, 6) is 1.32. The highest BCUT2D eigenvalue weighted by molar-refractivity contribution is 6.30. The largest absolute Gasteiger partial charge is 0.368 e. The molecule has 8 heteroatoms. The molecule has 160 valence electrons. The Morgan fingerprint density at radius 2 is 1.61 bits per heavy atom. The first-order chi connectivity index (χ1) is 15.1. The van der Waals surface area contributed by atoms with Crippen molar-refractivity contribution in [3.05, 3.63) is 77.1 Å². The van der Waals surface area contributed by atoms with E-state index in [1.54, 1.807) is 0 Å². The molecule has 0 atom stereocenters. The van der Waals surface area contributed by atoms with Gasteiger partial charge >= 0.3 is 0 Å². The zero-order chi connectivity index (χ0) is 21.5. The van der Waals surface area contributed by atoms with Gasteiger partial charge in [-0.3, -0.25) is 9.80 Å². The van der Waals surface area contributed by atoms with Crippen molar-refractivity contribution in [2.75, 3.05) is 43.8 Å². The lowest BCUT2D eigenvalue weighted by Crippen LogP contribution is -2.46. The van der Waals surface area contributed by atoms with Crippen molar-refractivity contribution in [1.82, 2.24) is 24.8 Å². The van der Waals surface area contributed by atoms with E-state index in [0.29, 0.717) is 23.3 Å². The number of benzene rings is 2. The van der Waals surface area contributed by atoms with Crippen molar-refractivity contribution in [2.45, 2.75) is 6.54 Å². The van der Waals surface area contributed by atoms with E-state index >= 15 is 0 Å². The molecule has 1 fully saturated rings. The van der Waals surface area contributed by atoms with Crippen LogP contribution in [0, 0.1) is 0 Å². The second kappa shape index (κ2) is 10.3. The van der Waals surface area contributed by atoms with Gasteiger partial charge in [-0.25, -0.2) is 0 Å². The van der Waals surface area contributed by atoms with Crippen molar-refractivity contribution in [2.24, 2.45) is 0 Å². The molecule has 0 radical (unpaired) electrons. The Morgan fingerprint density at radius 3 is 2.35 bits per heavy atom. The number of anilines is 3. The quantitative estimate of drug-likeness (QED) is 0.585. The molecule has 0 aliphatic carbocycles. The molecule has 1 aromatic heterocycles. The van der Waals surface area contributed by atoms with Gasteiger partial charge in [0.05, 0.1) is 6.54 Å². The van der Waals surface area contributed by atoms with Crippen molar-refractivity contribution >= 4 is 35.3 Å². The lowest BCUT2D eigenvalue weighted by atomic mass is 10.2. The number of aromatic nitrogens is 3. The highest BCUT2D eigenvalue weighted by Gasteiger charge is 2.17. The summed E-state index contributed by atoms with van der Waals surface area (Å²) in [6.07, 6.45) is 4.40. The summed E-state index contributed by atoms with van der Waals surface area (Å²) >= 11 is 5.94. The number of nitrogens with zero attached hydrogens (tertiary/aromatic N) is 5. The van der Waals surface area contributed by atoms with Gasteiger partial charge in [-0.1, -0.05) is 54.1 Å². The summed E-state index contributed by atoms with van der Waals surface area (Å²) in [4.78, 5) is 17.8. The highest BCUT2D eigenvalue weighted by atomic mass is 35.5. The highest BCUT2D eigenvalue weighted by Crippen LogP contribution is 2.17. The Bertz CT molecular complexity index is 1000. The van der Waals surface area contributed by atoms with Crippen molar-refractivity contribution < 1.29 is 0 Å². The van der Waals surface area contributed by atoms with Crippen LogP contribution in [0.4, 0.5) is 17.6 Å². The molecule has 31 heavy (non-hydrogen) atoms. The topological polar surface area (TPSA) is 83.2 Å². The summed E-state index contributed by atoms with van der Waals surface area (Å²) in [5, 5.41) is 3.84. The molecule has 2 heterocycles. The van der Waals surface area contributed by atoms with E-state index in [9.17, 15) is 0 Å². The van der Waals surface area contributed by atoms with Gasteiger partial charge in [0.15, 0.2) is 0 Å². The molecule has 0 saturated carbocycles. The molecule has 0 unspecified atom stereocenters. The fraction of sp³-hybridized carbons (Fsp3) is 0.261. The van der Waals surface area contributed by atoms with E-state index in [1.165, 1.54) is 5.56 Å². The van der Waals surface area contributed by atoms with Crippen LogP contribution in [0.15, 0.2) is 60.7 Å². The molecule has 3 N–H and O–H groups in total. The third-order valence-corrected chi connectivity index (χ3v) is 5.35. The van der Waals surface area contributed by atoms with Gasteiger partial charge in [-0.05, 0) is 29.8 Å². The molecule has 3 aromatic rings.